The normalized spacial score (nSPS) is 11.6. The van der Waals surface area contributed by atoms with Crippen LogP contribution in [0.15, 0.2) is 121 Å². The van der Waals surface area contributed by atoms with Gasteiger partial charge in [-0.05, 0) is 46.8 Å². The van der Waals surface area contributed by atoms with Crippen molar-refractivity contribution in [3.63, 3.8) is 0 Å². The minimum atomic E-state index is -0.665. The molecule has 4 nitrogen and oxygen atoms in total. The van der Waals surface area contributed by atoms with Gasteiger partial charge in [0.15, 0.2) is 6.10 Å². The molecule has 0 spiro atoms. The summed E-state index contributed by atoms with van der Waals surface area (Å²) < 4.78 is 12.0. The Labute approximate surface area is 198 Å². The molecule has 0 N–H and O–H groups in total. The number of nitrogens with zero attached hydrogens (tertiary/aromatic N) is 1. The number of aromatic nitrogens is 1. The molecule has 34 heavy (non-hydrogen) atoms. The fourth-order valence-corrected chi connectivity index (χ4v) is 3.86. The SMILES string of the molecule is O=C(OC(c1ccc(OCc2ccccc2)cc1)c1nccc2ccccc12)c1ccccc1. The number of carbonyl (C=O) groups excluding carboxylic acids is 1. The lowest BCUT2D eigenvalue weighted by Crippen LogP contribution is -2.14. The Morgan fingerprint density at radius 1 is 0.735 bits per heavy atom. The van der Waals surface area contributed by atoms with Gasteiger partial charge in [0, 0.05) is 11.6 Å². The predicted octanol–water partition coefficient (Wildman–Crippen LogP) is 6.76. The van der Waals surface area contributed by atoms with Gasteiger partial charge in [-0.3, -0.25) is 4.98 Å². The van der Waals surface area contributed by atoms with Crippen LogP contribution in [-0.4, -0.2) is 11.0 Å². The van der Waals surface area contributed by atoms with Crippen LogP contribution < -0.4 is 4.74 Å². The maximum absolute atomic E-state index is 13.0. The summed E-state index contributed by atoms with van der Waals surface area (Å²) in [6.07, 6.45) is 1.08. The van der Waals surface area contributed by atoms with Gasteiger partial charge in [0.2, 0.25) is 0 Å². The van der Waals surface area contributed by atoms with Crippen molar-refractivity contribution in [2.45, 2.75) is 12.7 Å². The minimum absolute atomic E-state index is 0.398. The molecule has 0 aliphatic carbocycles. The molecule has 0 aliphatic heterocycles. The third-order valence-corrected chi connectivity index (χ3v) is 5.62. The van der Waals surface area contributed by atoms with E-state index in [4.69, 9.17) is 9.47 Å². The summed E-state index contributed by atoms with van der Waals surface area (Å²) in [5, 5.41) is 1.98. The van der Waals surface area contributed by atoms with E-state index in [9.17, 15) is 4.79 Å². The molecule has 0 radical (unpaired) electrons. The number of fused-ring (bicyclic) bond motifs is 1. The minimum Gasteiger partial charge on any atom is -0.489 e. The topological polar surface area (TPSA) is 48.4 Å². The van der Waals surface area contributed by atoms with Crippen molar-refractivity contribution in [1.29, 1.82) is 0 Å². The number of benzene rings is 4. The maximum Gasteiger partial charge on any atom is 0.339 e. The van der Waals surface area contributed by atoms with E-state index in [1.54, 1.807) is 18.3 Å². The Morgan fingerprint density at radius 3 is 2.18 bits per heavy atom. The number of hydrogen-bond donors (Lipinski definition) is 0. The van der Waals surface area contributed by atoms with Gasteiger partial charge < -0.3 is 9.47 Å². The van der Waals surface area contributed by atoms with Gasteiger partial charge in [-0.25, -0.2) is 4.79 Å². The molecule has 1 atom stereocenters. The lowest BCUT2D eigenvalue weighted by molar-refractivity contribution is 0.0373. The van der Waals surface area contributed by atoms with Crippen molar-refractivity contribution in [3.05, 3.63) is 144 Å². The summed E-state index contributed by atoms with van der Waals surface area (Å²) in [5.41, 5.74) is 3.11. The van der Waals surface area contributed by atoms with Crippen LogP contribution in [0.4, 0.5) is 0 Å². The summed E-state index contributed by atoms with van der Waals surface area (Å²) in [7, 11) is 0. The molecule has 0 fully saturated rings. The second kappa shape index (κ2) is 10.0. The summed E-state index contributed by atoms with van der Waals surface area (Å²) in [6.45, 7) is 0.484. The number of hydrogen-bond acceptors (Lipinski definition) is 4. The highest BCUT2D eigenvalue weighted by atomic mass is 16.5. The zero-order valence-corrected chi connectivity index (χ0v) is 18.5. The van der Waals surface area contributed by atoms with Crippen molar-refractivity contribution in [2.75, 3.05) is 0 Å². The van der Waals surface area contributed by atoms with Crippen molar-refractivity contribution in [3.8, 4) is 5.75 Å². The first-order chi connectivity index (χ1) is 16.8. The van der Waals surface area contributed by atoms with Crippen LogP contribution in [-0.2, 0) is 11.3 Å². The first-order valence-electron chi connectivity index (χ1n) is 11.1. The fraction of sp³-hybridized carbons (Fsp3) is 0.0667. The first kappa shape index (κ1) is 21.4. The van der Waals surface area contributed by atoms with E-state index in [1.807, 2.05) is 103 Å². The fourth-order valence-electron chi connectivity index (χ4n) is 3.86. The molecular formula is C30H23NO3. The monoisotopic (exact) mass is 445 g/mol. The first-order valence-corrected chi connectivity index (χ1v) is 11.1. The number of rotatable bonds is 7. The molecule has 5 rings (SSSR count). The van der Waals surface area contributed by atoms with E-state index in [-0.39, 0.29) is 0 Å². The summed E-state index contributed by atoms with van der Waals surface area (Å²) >= 11 is 0. The summed E-state index contributed by atoms with van der Waals surface area (Å²) in [5.74, 6) is 0.344. The second-order valence-electron chi connectivity index (χ2n) is 7.91. The van der Waals surface area contributed by atoms with Crippen LogP contribution in [0.2, 0.25) is 0 Å². The number of ether oxygens (including phenoxy) is 2. The van der Waals surface area contributed by atoms with Gasteiger partial charge in [0.25, 0.3) is 0 Å². The van der Waals surface area contributed by atoms with Crippen molar-refractivity contribution < 1.29 is 14.3 Å². The van der Waals surface area contributed by atoms with E-state index in [2.05, 4.69) is 4.98 Å². The molecule has 0 amide bonds. The van der Waals surface area contributed by atoms with Gasteiger partial charge >= 0.3 is 5.97 Å². The molecular weight excluding hydrogens is 422 g/mol. The van der Waals surface area contributed by atoms with E-state index in [1.165, 1.54) is 0 Å². The molecule has 5 aromatic rings. The van der Waals surface area contributed by atoms with E-state index in [0.29, 0.717) is 17.9 Å². The average Bonchev–Trinajstić information content (AvgIpc) is 2.92. The van der Waals surface area contributed by atoms with E-state index >= 15 is 0 Å². The number of esters is 1. The Bertz CT molecular complexity index is 1380. The van der Waals surface area contributed by atoms with E-state index < -0.39 is 12.1 Å². The van der Waals surface area contributed by atoms with Gasteiger partial charge in [0.1, 0.15) is 12.4 Å². The Balaban J connectivity index is 1.46. The van der Waals surface area contributed by atoms with E-state index in [0.717, 1.165) is 27.6 Å². The average molecular weight is 446 g/mol. The zero-order chi connectivity index (χ0) is 23.2. The third kappa shape index (κ3) is 4.81. The van der Waals surface area contributed by atoms with Crippen LogP contribution in [0.5, 0.6) is 5.75 Å². The van der Waals surface area contributed by atoms with Crippen molar-refractivity contribution >= 4 is 16.7 Å². The van der Waals surface area contributed by atoms with Crippen LogP contribution in [0.3, 0.4) is 0 Å². The molecule has 1 heterocycles. The van der Waals surface area contributed by atoms with Crippen molar-refractivity contribution in [2.24, 2.45) is 0 Å². The second-order valence-corrected chi connectivity index (χ2v) is 7.91. The summed E-state index contributed by atoms with van der Waals surface area (Å²) in [4.78, 5) is 17.6. The van der Waals surface area contributed by atoms with Gasteiger partial charge in [-0.2, -0.15) is 0 Å². The molecule has 4 aromatic carbocycles. The highest BCUT2D eigenvalue weighted by Crippen LogP contribution is 2.32. The van der Waals surface area contributed by atoms with Gasteiger partial charge in [0.05, 0.1) is 11.3 Å². The van der Waals surface area contributed by atoms with Gasteiger partial charge in [-0.1, -0.05) is 84.9 Å². The third-order valence-electron chi connectivity index (χ3n) is 5.62. The Kier molecular flexibility index (Phi) is 6.30. The molecule has 166 valence electrons. The Morgan fingerprint density at radius 2 is 1.41 bits per heavy atom. The Hall–Kier alpha value is -4.44. The number of carbonyl (C=O) groups is 1. The van der Waals surface area contributed by atoms with Crippen LogP contribution in [0.1, 0.15) is 33.3 Å². The molecule has 0 aliphatic rings. The number of pyridine rings is 1. The summed E-state index contributed by atoms with van der Waals surface area (Å²) in [6, 6.07) is 36.6. The molecule has 4 heteroatoms. The molecule has 0 saturated carbocycles. The van der Waals surface area contributed by atoms with Crippen LogP contribution in [0, 0.1) is 0 Å². The zero-order valence-electron chi connectivity index (χ0n) is 18.5. The smallest absolute Gasteiger partial charge is 0.339 e. The van der Waals surface area contributed by atoms with Gasteiger partial charge in [-0.15, -0.1) is 0 Å². The lowest BCUT2D eigenvalue weighted by Gasteiger charge is -2.20. The quantitative estimate of drug-likeness (QED) is 0.260. The predicted molar refractivity (Wildman–Crippen MR) is 133 cm³/mol. The molecule has 1 aromatic heterocycles. The molecule has 0 saturated heterocycles. The molecule has 0 bridgehead atoms. The highest BCUT2D eigenvalue weighted by Gasteiger charge is 2.23. The lowest BCUT2D eigenvalue weighted by atomic mass is 10.0. The van der Waals surface area contributed by atoms with Crippen LogP contribution in [0.25, 0.3) is 10.8 Å². The maximum atomic E-state index is 13.0. The standard InChI is InChI=1S/C30H23NO3/c32-30(25-12-5-2-6-13-25)34-29(28-27-14-8-7-11-23(27)19-20-31-28)24-15-17-26(18-16-24)33-21-22-9-3-1-4-10-22/h1-20,29H,21H2. The highest BCUT2D eigenvalue weighted by molar-refractivity contribution is 5.90. The van der Waals surface area contributed by atoms with Crippen molar-refractivity contribution in [1.82, 2.24) is 4.98 Å². The van der Waals surface area contributed by atoms with Crippen LogP contribution >= 0.6 is 0 Å². The molecule has 1 unspecified atom stereocenters. The largest absolute Gasteiger partial charge is 0.489 e.